The maximum absolute atomic E-state index is 10.8. The molecule has 3 unspecified atom stereocenters. The predicted molar refractivity (Wildman–Crippen MR) is 122 cm³/mol. The Kier molecular flexibility index (Phi) is 7.42. The summed E-state index contributed by atoms with van der Waals surface area (Å²) in [5.74, 6) is 1.63. The van der Waals surface area contributed by atoms with Crippen LogP contribution in [0.2, 0.25) is 0 Å². The average Bonchev–Trinajstić information content (AvgIpc) is 3.26. The first kappa shape index (κ1) is 21.4. The molecule has 0 amide bonds. The zero-order valence-electron chi connectivity index (χ0n) is 18.2. The molecule has 0 aromatic heterocycles. The molecule has 1 heterocycles. The number of aliphatic hydroxyl groups is 1. The molecular formula is C26H36N2O2. The molecular weight excluding hydrogens is 372 g/mol. The lowest BCUT2D eigenvalue weighted by Crippen LogP contribution is -2.38. The molecule has 2 aromatic carbocycles. The third kappa shape index (κ3) is 5.42. The van der Waals surface area contributed by atoms with Crippen LogP contribution in [0, 0.1) is 5.92 Å². The highest BCUT2D eigenvalue weighted by Crippen LogP contribution is 2.38. The number of likely N-dealkylation sites (tertiary alicyclic amines) is 1. The molecule has 0 radical (unpaired) electrons. The number of rotatable bonds is 8. The van der Waals surface area contributed by atoms with Crippen molar-refractivity contribution < 1.29 is 9.84 Å². The van der Waals surface area contributed by atoms with Gasteiger partial charge in [-0.1, -0.05) is 55.3 Å². The maximum atomic E-state index is 10.8. The number of hydrogen-bond acceptors (Lipinski definition) is 4. The van der Waals surface area contributed by atoms with Crippen molar-refractivity contribution in [1.82, 2.24) is 10.2 Å². The molecule has 2 N–H and O–H groups in total. The Balaban J connectivity index is 1.45. The highest BCUT2D eigenvalue weighted by Gasteiger charge is 2.34. The molecule has 0 spiro atoms. The molecule has 4 nitrogen and oxygen atoms in total. The van der Waals surface area contributed by atoms with Crippen LogP contribution in [-0.2, 0) is 6.61 Å². The minimum atomic E-state index is -0.180. The Labute approximate surface area is 181 Å². The fourth-order valence-electron chi connectivity index (χ4n) is 5.16. The zero-order chi connectivity index (χ0) is 20.8. The summed E-state index contributed by atoms with van der Waals surface area (Å²) in [6.45, 7) is 3.87. The normalized spacial score (nSPS) is 25.9. The van der Waals surface area contributed by atoms with E-state index in [-0.39, 0.29) is 6.10 Å². The van der Waals surface area contributed by atoms with Crippen molar-refractivity contribution in [2.24, 2.45) is 5.92 Å². The smallest absolute Gasteiger partial charge is 0.119 e. The number of nitrogens with zero attached hydrogens (tertiary/aromatic N) is 1. The molecule has 162 valence electrons. The summed E-state index contributed by atoms with van der Waals surface area (Å²) in [6, 6.07) is 19.5. The second kappa shape index (κ2) is 10.4. The van der Waals surface area contributed by atoms with Crippen LogP contribution in [-0.4, -0.2) is 48.8 Å². The Bertz CT molecular complexity index is 764. The van der Waals surface area contributed by atoms with Gasteiger partial charge in [0.25, 0.3) is 0 Å². The van der Waals surface area contributed by atoms with Crippen LogP contribution in [0.4, 0.5) is 0 Å². The van der Waals surface area contributed by atoms with Gasteiger partial charge in [-0.25, -0.2) is 0 Å². The van der Waals surface area contributed by atoms with Crippen LogP contribution in [0.25, 0.3) is 0 Å². The van der Waals surface area contributed by atoms with Gasteiger partial charge in [-0.15, -0.1) is 0 Å². The Morgan fingerprint density at radius 3 is 2.50 bits per heavy atom. The molecule has 1 saturated heterocycles. The van der Waals surface area contributed by atoms with E-state index in [9.17, 15) is 5.11 Å². The zero-order valence-corrected chi connectivity index (χ0v) is 18.2. The molecule has 0 bridgehead atoms. The second-order valence-corrected chi connectivity index (χ2v) is 9.00. The van der Waals surface area contributed by atoms with E-state index >= 15 is 0 Å². The van der Waals surface area contributed by atoms with Crippen molar-refractivity contribution in [2.75, 3.05) is 26.7 Å². The molecule has 4 rings (SSSR count). The van der Waals surface area contributed by atoms with Gasteiger partial charge in [0.15, 0.2) is 0 Å². The Hall–Kier alpha value is -1.88. The summed E-state index contributed by atoms with van der Waals surface area (Å²) < 4.78 is 5.99. The lowest BCUT2D eigenvalue weighted by Gasteiger charge is -2.37. The summed E-state index contributed by atoms with van der Waals surface area (Å²) in [7, 11) is 2.06. The van der Waals surface area contributed by atoms with Crippen LogP contribution in [0.3, 0.4) is 0 Å². The average molecular weight is 409 g/mol. The lowest BCUT2D eigenvalue weighted by molar-refractivity contribution is 0.0475. The van der Waals surface area contributed by atoms with E-state index in [1.165, 1.54) is 24.0 Å². The highest BCUT2D eigenvalue weighted by atomic mass is 16.5. The molecule has 2 aromatic rings. The summed E-state index contributed by atoms with van der Waals surface area (Å²) in [5, 5.41) is 14.2. The van der Waals surface area contributed by atoms with E-state index in [2.05, 4.69) is 53.7 Å². The van der Waals surface area contributed by atoms with Crippen LogP contribution in [0.15, 0.2) is 54.6 Å². The van der Waals surface area contributed by atoms with Gasteiger partial charge in [-0.2, -0.15) is 0 Å². The van der Waals surface area contributed by atoms with E-state index in [0.717, 1.165) is 44.6 Å². The van der Waals surface area contributed by atoms with Gasteiger partial charge in [0.05, 0.1) is 6.10 Å². The molecule has 1 saturated carbocycles. The largest absolute Gasteiger partial charge is 0.489 e. The highest BCUT2D eigenvalue weighted by molar-refractivity contribution is 5.31. The molecule has 30 heavy (non-hydrogen) atoms. The Morgan fingerprint density at radius 2 is 1.80 bits per heavy atom. The Morgan fingerprint density at radius 1 is 1.03 bits per heavy atom. The maximum Gasteiger partial charge on any atom is 0.119 e. The second-order valence-electron chi connectivity index (χ2n) is 9.00. The third-order valence-electron chi connectivity index (χ3n) is 6.99. The number of hydrogen-bond donors (Lipinski definition) is 2. The van der Waals surface area contributed by atoms with Crippen LogP contribution in [0.5, 0.6) is 5.75 Å². The number of aliphatic hydroxyl groups excluding tert-OH is 1. The first-order valence-corrected chi connectivity index (χ1v) is 11.6. The van der Waals surface area contributed by atoms with Crippen molar-refractivity contribution in [2.45, 2.75) is 56.8 Å². The van der Waals surface area contributed by atoms with Gasteiger partial charge < -0.3 is 20.1 Å². The molecule has 2 fully saturated rings. The summed E-state index contributed by atoms with van der Waals surface area (Å²) in [4.78, 5) is 2.58. The van der Waals surface area contributed by atoms with E-state index in [1.54, 1.807) is 0 Å². The first-order chi connectivity index (χ1) is 14.7. The van der Waals surface area contributed by atoms with Crippen LogP contribution >= 0.6 is 0 Å². The SMILES string of the molecule is CN[C@H]1CCN(CC(c2ccc(OCc3ccccc3)cc2)C2CCCCC2O)C1. The van der Waals surface area contributed by atoms with Crippen molar-refractivity contribution in [1.29, 1.82) is 0 Å². The van der Waals surface area contributed by atoms with Gasteiger partial charge in [0.1, 0.15) is 12.4 Å². The summed E-state index contributed by atoms with van der Waals surface area (Å²) in [5.41, 5.74) is 2.51. The van der Waals surface area contributed by atoms with Gasteiger partial charge in [0, 0.05) is 25.0 Å². The predicted octanol–water partition coefficient (Wildman–Crippen LogP) is 4.19. The van der Waals surface area contributed by atoms with Crippen LogP contribution < -0.4 is 10.1 Å². The first-order valence-electron chi connectivity index (χ1n) is 11.6. The standard InChI is InChI=1S/C26H36N2O2/c1-27-22-15-16-28(17-22)18-25(24-9-5-6-10-26(24)29)21-11-13-23(14-12-21)30-19-20-7-3-2-4-8-20/h2-4,7-8,11-14,22,24-27,29H,5-6,9-10,15-19H2,1H3/t22-,24?,25?,26?/m0/s1. The fourth-order valence-corrected chi connectivity index (χ4v) is 5.16. The third-order valence-corrected chi connectivity index (χ3v) is 6.99. The topological polar surface area (TPSA) is 44.7 Å². The van der Waals surface area contributed by atoms with E-state index < -0.39 is 0 Å². The van der Waals surface area contributed by atoms with Crippen molar-refractivity contribution in [3.63, 3.8) is 0 Å². The lowest BCUT2D eigenvalue weighted by atomic mass is 9.74. The summed E-state index contributed by atoms with van der Waals surface area (Å²) in [6.07, 6.45) is 5.49. The summed E-state index contributed by atoms with van der Waals surface area (Å²) >= 11 is 0. The van der Waals surface area contributed by atoms with Crippen molar-refractivity contribution in [3.05, 3.63) is 65.7 Å². The number of likely N-dealkylation sites (N-methyl/N-ethyl adjacent to an activating group) is 1. The number of ether oxygens (including phenoxy) is 1. The van der Waals surface area contributed by atoms with Gasteiger partial charge in [-0.05, 0) is 62.0 Å². The van der Waals surface area contributed by atoms with Crippen LogP contribution in [0.1, 0.15) is 49.1 Å². The fraction of sp³-hybridized carbons (Fsp3) is 0.538. The monoisotopic (exact) mass is 408 g/mol. The number of nitrogens with one attached hydrogen (secondary N) is 1. The quantitative estimate of drug-likeness (QED) is 0.687. The molecule has 4 heteroatoms. The van der Waals surface area contributed by atoms with Gasteiger partial charge >= 0.3 is 0 Å². The minimum absolute atomic E-state index is 0.180. The molecule has 2 aliphatic rings. The van der Waals surface area contributed by atoms with Crippen molar-refractivity contribution in [3.8, 4) is 5.75 Å². The minimum Gasteiger partial charge on any atom is -0.489 e. The molecule has 1 aliphatic heterocycles. The molecule has 1 aliphatic carbocycles. The van der Waals surface area contributed by atoms with Gasteiger partial charge in [0.2, 0.25) is 0 Å². The van der Waals surface area contributed by atoms with E-state index in [4.69, 9.17) is 4.74 Å². The molecule has 4 atom stereocenters. The van der Waals surface area contributed by atoms with Crippen molar-refractivity contribution >= 4 is 0 Å². The van der Waals surface area contributed by atoms with E-state index in [1.807, 2.05) is 18.2 Å². The van der Waals surface area contributed by atoms with Gasteiger partial charge in [-0.3, -0.25) is 0 Å². The number of benzene rings is 2. The van der Waals surface area contributed by atoms with E-state index in [0.29, 0.717) is 24.5 Å².